The van der Waals surface area contributed by atoms with Crippen molar-refractivity contribution in [3.8, 4) is 5.75 Å². The molecule has 1 amide bonds. The Hall–Kier alpha value is -1.58. The maximum Gasteiger partial charge on any atom is 0.235 e. The fraction of sp³-hybridized carbons (Fsp3) is 0.571. The number of rotatable bonds is 0. The third kappa shape index (κ3) is 2.07. The summed E-state index contributed by atoms with van der Waals surface area (Å²) < 4.78 is 5.91. The molecule has 18 heavy (non-hydrogen) atoms. The van der Waals surface area contributed by atoms with Crippen LogP contribution >= 0.6 is 0 Å². The van der Waals surface area contributed by atoms with E-state index in [-0.39, 0.29) is 23.3 Å². The van der Waals surface area contributed by atoms with Crippen molar-refractivity contribution in [3.63, 3.8) is 0 Å². The van der Waals surface area contributed by atoms with E-state index in [1.54, 1.807) is 18.1 Å². The molecule has 4 heteroatoms. The highest BCUT2D eigenvalue weighted by molar-refractivity contribution is 5.96. The van der Waals surface area contributed by atoms with Gasteiger partial charge in [-0.15, -0.1) is 0 Å². The Balaban J connectivity index is 2.48. The third-order valence-electron chi connectivity index (χ3n) is 3.38. The summed E-state index contributed by atoms with van der Waals surface area (Å²) in [4.78, 5) is 18.4. The van der Waals surface area contributed by atoms with Gasteiger partial charge in [0, 0.05) is 13.2 Å². The third-order valence-corrected chi connectivity index (χ3v) is 3.38. The van der Waals surface area contributed by atoms with E-state index < -0.39 is 0 Å². The Kier molecular flexibility index (Phi) is 3.05. The summed E-state index contributed by atoms with van der Waals surface area (Å²) in [5.74, 6) is 1.15. The van der Waals surface area contributed by atoms with Gasteiger partial charge in [-0.1, -0.05) is 20.8 Å². The number of hydrogen-bond donors (Lipinski definition) is 0. The average Bonchev–Trinajstić information content (AvgIpc) is 2.35. The molecule has 2 atom stereocenters. The van der Waals surface area contributed by atoms with Crippen LogP contribution in [-0.2, 0) is 4.79 Å². The summed E-state index contributed by atoms with van der Waals surface area (Å²) in [6.07, 6.45) is 1.51. The van der Waals surface area contributed by atoms with Crippen LogP contribution in [0, 0.1) is 11.3 Å². The average molecular weight is 248 g/mol. The predicted octanol–water partition coefficient (Wildman–Crippen LogP) is 2.49. The molecule has 0 saturated heterocycles. The van der Waals surface area contributed by atoms with Crippen molar-refractivity contribution in [1.82, 2.24) is 4.98 Å². The van der Waals surface area contributed by atoms with Crippen LogP contribution in [0.1, 0.15) is 27.7 Å². The smallest absolute Gasteiger partial charge is 0.235 e. The molecule has 0 spiro atoms. The van der Waals surface area contributed by atoms with Crippen molar-refractivity contribution >= 4 is 11.7 Å². The first-order chi connectivity index (χ1) is 8.32. The summed E-state index contributed by atoms with van der Waals surface area (Å²) >= 11 is 0. The number of fused-ring (bicyclic) bond motifs is 1. The van der Waals surface area contributed by atoms with Gasteiger partial charge in [0.15, 0.2) is 11.6 Å². The number of nitrogens with zero attached hydrogens (tertiary/aromatic N) is 2. The number of amides is 1. The summed E-state index contributed by atoms with van der Waals surface area (Å²) in [6, 6.07) is 3.68. The van der Waals surface area contributed by atoms with Crippen LogP contribution in [-0.4, -0.2) is 24.0 Å². The van der Waals surface area contributed by atoms with E-state index >= 15 is 0 Å². The first-order valence-electron chi connectivity index (χ1n) is 6.21. The van der Waals surface area contributed by atoms with E-state index in [9.17, 15) is 4.79 Å². The molecule has 1 aromatic rings. The second-order valence-corrected chi connectivity index (χ2v) is 5.89. The number of hydrogen-bond acceptors (Lipinski definition) is 3. The Morgan fingerprint density at radius 2 is 2.06 bits per heavy atom. The highest BCUT2D eigenvalue weighted by Gasteiger charge is 2.42. The van der Waals surface area contributed by atoms with Gasteiger partial charge in [-0.05, 0) is 24.5 Å². The Bertz CT molecular complexity index is 465. The fourth-order valence-corrected chi connectivity index (χ4v) is 2.58. The topological polar surface area (TPSA) is 42.4 Å². The molecule has 0 bridgehead atoms. The molecule has 2 rings (SSSR count). The zero-order valence-electron chi connectivity index (χ0n) is 11.6. The summed E-state index contributed by atoms with van der Waals surface area (Å²) in [6.45, 7) is 8.13. The Morgan fingerprint density at radius 1 is 1.39 bits per heavy atom. The molecule has 1 unspecified atom stereocenters. The molecule has 0 radical (unpaired) electrons. The van der Waals surface area contributed by atoms with Crippen molar-refractivity contribution in [2.75, 3.05) is 11.9 Å². The van der Waals surface area contributed by atoms with Crippen molar-refractivity contribution < 1.29 is 9.53 Å². The van der Waals surface area contributed by atoms with Gasteiger partial charge in [-0.25, -0.2) is 4.98 Å². The molecule has 1 aliphatic heterocycles. The van der Waals surface area contributed by atoms with Crippen molar-refractivity contribution in [2.45, 2.75) is 33.8 Å². The van der Waals surface area contributed by atoms with Crippen LogP contribution in [0.15, 0.2) is 18.3 Å². The van der Waals surface area contributed by atoms with Gasteiger partial charge in [0.2, 0.25) is 5.91 Å². The maximum absolute atomic E-state index is 12.6. The van der Waals surface area contributed by atoms with Crippen molar-refractivity contribution in [2.24, 2.45) is 11.3 Å². The van der Waals surface area contributed by atoms with Gasteiger partial charge in [-0.2, -0.15) is 0 Å². The SMILES string of the molecule is C[C@H]1Oc2cccnc2N(C)C(=O)C1C(C)(C)C. The minimum atomic E-state index is -0.184. The van der Waals surface area contributed by atoms with E-state index in [0.29, 0.717) is 11.6 Å². The molecule has 0 N–H and O–H groups in total. The van der Waals surface area contributed by atoms with Crippen LogP contribution in [0.2, 0.25) is 0 Å². The van der Waals surface area contributed by atoms with E-state index in [2.05, 4.69) is 25.8 Å². The lowest BCUT2D eigenvalue weighted by Gasteiger charge is -2.33. The van der Waals surface area contributed by atoms with Crippen LogP contribution in [0.3, 0.4) is 0 Å². The number of aromatic nitrogens is 1. The first-order valence-corrected chi connectivity index (χ1v) is 6.21. The van der Waals surface area contributed by atoms with Crippen LogP contribution in [0.5, 0.6) is 5.75 Å². The normalized spacial score (nSPS) is 24.3. The maximum atomic E-state index is 12.6. The second kappa shape index (κ2) is 4.26. The monoisotopic (exact) mass is 248 g/mol. The van der Waals surface area contributed by atoms with E-state index in [4.69, 9.17) is 4.74 Å². The number of ether oxygens (including phenoxy) is 1. The van der Waals surface area contributed by atoms with Crippen molar-refractivity contribution in [3.05, 3.63) is 18.3 Å². The Morgan fingerprint density at radius 3 is 2.67 bits per heavy atom. The van der Waals surface area contributed by atoms with Gasteiger partial charge in [0.05, 0.1) is 5.92 Å². The van der Waals surface area contributed by atoms with E-state index in [0.717, 1.165) is 0 Å². The van der Waals surface area contributed by atoms with Crippen molar-refractivity contribution in [1.29, 1.82) is 0 Å². The quantitative estimate of drug-likeness (QED) is 0.708. The standard InChI is InChI=1S/C14H20N2O2/c1-9-11(14(2,3)4)13(17)16(5)12-10(18-9)7-6-8-15-12/h6-9,11H,1-5H3/t9-,11?/m1/s1. The molecule has 4 nitrogen and oxygen atoms in total. The number of pyridine rings is 1. The molecular formula is C14H20N2O2. The van der Waals surface area contributed by atoms with Gasteiger partial charge >= 0.3 is 0 Å². The minimum absolute atomic E-state index is 0.0625. The van der Waals surface area contributed by atoms with Crippen LogP contribution < -0.4 is 9.64 Å². The lowest BCUT2D eigenvalue weighted by Crippen LogP contribution is -2.44. The fourth-order valence-electron chi connectivity index (χ4n) is 2.58. The summed E-state index contributed by atoms with van der Waals surface area (Å²) in [5.41, 5.74) is -0.146. The zero-order valence-corrected chi connectivity index (χ0v) is 11.6. The molecule has 0 aromatic carbocycles. The van der Waals surface area contributed by atoms with E-state index in [1.165, 1.54) is 0 Å². The number of carbonyl (C=O) groups is 1. The highest BCUT2D eigenvalue weighted by atomic mass is 16.5. The minimum Gasteiger partial charge on any atom is -0.486 e. The highest BCUT2D eigenvalue weighted by Crippen LogP contribution is 2.38. The van der Waals surface area contributed by atoms with Gasteiger partial charge in [-0.3, -0.25) is 9.69 Å². The number of carbonyl (C=O) groups excluding carboxylic acids is 1. The summed E-state index contributed by atoms with van der Waals surface area (Å²) in [7, 11) is 1.76. The number of anilines is 1. The summed E-state index contributed by atoms with van der Waals surface area (Å²) in [5, 5.41) is 0. The second-order valence-electron chi connectivity index (χ2n) is 5.89. The zero-order chi connectivity index (χ0) is 13.5. The van der Waals surface area contributed by atoms with Gasteiger partial charge in [0.25, 0.3) is 0 Å². The lowest BCUT2D eigenvalue weighted by molar-refractivity contribution is -0.128. The van der Waals surface area contributed by atoms with Gasteiger partial charge < -0.3 is 4.74 Å². The first kappa shape index (κ1) is 12.9. The van der Waals surface area contributed by atoms with E-state index in [1.807, 2.05) is 19.1 Å². The van der Waals surface area contributed by atoms with Crippen LogP contribution in [0.4, 0.5) is 5.82 Å². The predicted molar refractivity (Wildman–Crippen MR) is 70.7 cm³/mol. The van der Waals surface area contributed by atoms with Gasteiger partial charge in [0.1, 0.15) is 6.10 Å². The molecule has 1 aromatic heterocycles. The van der Waals surface area contributed by atoms with Crippen LogP contribution in [0.25, 0.3) is 0 Å². The Labute approximate surface area is 108 Å². The molecule has 98 valence electrons. The largest absolute Gasteiger partial charge is 0.486 e. The molecule has 2 heterocycles. The molecule has 1 aliphatic rings. The molecule has 0 aliphatic carbocycles. The lowest BCUT2D eigenvalue weighted by atomic mass is 9.77. The molecule has 0 saturated carbocycles. The molecule has 0 fully saturated rings. The molecular weight excluding hydrogens is 228 g/mol.